The Morgan fingerprint density at radius 3 is 2.00 bits per heavy atom. The van der Waals surface area contributed by atoms with Crippen molar-refractivity contribution in [3.63, 3.8) is 0 Å². The van der Waals surface area contributed by atoms with Crippen LogP contribution >= 0.6 is 0 Å². The Labute approximate surface area is 115 Å². The van der Waals surface area contributed by atoms with E-state index in [0.717, 1.165) is 13.0 Å². The van der Waals surface area contributed by atoms with Crippen molar-refractivity contribution < 1.29 is 0 Å². The van der Waals surface area contributed by atoms with Crippen LogP contribution in [0.25, 0.3) is 0 Å². The van der Waals surface area contributed by atoms with Gasteiger partial charge in [0, 0.05) is 0 Å². The Hall–Kier alpha value is -1.60. The van der Waals surface area contributed by atoms with E-state index in [1.165, 1.54) is 22.3 Å². The highest BCUT2D eigenvalue weighted by Crippen LogP contribution is 2.34. The molecule has 1 N–H and O–H groups in total. The van der Waals surface area contributed by atoms with E-state index in [9.17, 15) is 0 Å². The summed E-state index contributed by atoms with van der Waals surface area (Å²) in [6.07, 6.45) is 1.06. The minimum Gasteiger partial charge on any atom is -0.306 e. The molecule has 0 saturated heterocycles. The fourth-order valence-electron chi connectivity index (χ4n) is 2.90. The average Bonchev–Trinajstić information content (AvgIpc) is 2.43. The van der Waals surface area contributed by atoms with Gasteiger partial charge in [-0.25, -0.2) is 0 Å². The highest BCUT2D eigenvalue weighted by atomic mass is 14.9. The first-order valence-corrected chi connectivity index (χ1v) is 7.14. The maximum absolute atomic E-state index is 3.73. The molecule has 0 amide bonds. The molecule has 2 aromatic rings. The summed E-state index contributed by atoms with van der Waals surface area (Å²) in [5.41, 5.74) is 5.81. The molecule has 0 atom stereocenters. The molecule has 0 aliphatic heterocycles. The van der Waals surface area contributed by atoms with Gasteiger partial charge in [0.1, 0.15) is 0 Å². The minimum absolute atomic E-state index is 0.351. The average molecular weight is 251 g/mol. The molecular formula is C18H21N. The smallest absolute Gasteiger partial charge is 0.0582 e. The van der Waals surface area contributed by atoms with Crippen LogP contribution in [0, 0.1) is 5.92 Å². The van der Waals surface area contributed by atoms with E-state index in [-0.39, 0.29) is 0 Å². The monoisotopic (exact) mass is 251 g/mol. The van der Waals surface area contributed by atoms with E-state index in [4.69, 9.17) is 0 Å². The van der Waals surface area contributed by atoms with E-state index in [0.29, 0.717) is 12.0 Å². The summed E-state index contributed by atoms with van der Waals surface area (Å²) in [6, 6.07) is 18.0. The van der Waals surface area contributed by atoms with Crippen molar-refractivity contribution in [1.29, 1.82) is 0 Å². The number of rotatable bonds is 3. The van der Waals surface area contributed by atoms with Gasteiger partial charge in [-0.2, -0.15) is 0 Å². The van der Waals surface area contributed by atoms with Gasteiger partial charge in [-0.1, -0.05) is 62.4 Å². The standard InChI is InChI=1S/C18H21N/c1-13(2)12-19-18-16-9-5-3-7-14(16)11-15-8-4-6-10-17(15)18/h3-10,13,18-19H,11-12H2,1-2H3. The van der Waals surface area contributed by atoms with Gasteiger partial charge in [-0.05, 0) is 41.1 Å². The number of nitrogens with one attached hydrogen (secondary N) is 1. The quantitative estimate of drug-likeness (QED) is 0.871. The Balaban J connectivity index is 2.01. The summed E-state index contributed by atoms with van der Waals surface area (Å²) in [5.74, 6) is 0.668. The van der Waals surface area contributed by atoms with Crippen LogP contribution in [0.1, 0.15) is 42.1 Å². The summed E-state index contributed by atoms with van der Waals surface area (Å²) in [6.45, 7) is 5.56. The van der Waals surface area contributed by atoms with Crippen molar-refractivity contribution in [2.24, 2.45) is 5.92 Å². The van der Waals surface area contributed by atoms with E-state index < -0.39 is 0 Å². The summed E-state index contributed by atoms with van der Waals surface area (Å²) < 4.78 is 0. The number of fused-ring (bicyclic) bond motifs is 2. The highest BCUT2D eigenvalue weighted by molar-refractivity contribution is 5.48. The SMILES string of the molecule is CC(C)CNC1c2ccccc2Cc2ccccc21. The first-order chi connectivity index (χ1) is 9.25. The van der Waals surface area contributed by atoms with Gasteiger partial charge in [0.25, 0.3) is 0 Å². The van der Waals surface area contributed by atoms with Gasteiger partial charge in [0.05, 0.1) is 6.04 Å². The second kappa shape index (κ2) is 5.18. The second-order valence-electron chi connectivity index (χ2n) is 5.81. The zero-order valence-electron chi connectivity index (χ0n) is 11.7. The van der Waals surface area contributed by atoms with Gasteiger partial charge < -0.3 is 5.32 Å². The molecule has 1 nitrogen and oxygen atoms in total. The van der Waals surface area contributed by atoms with Gasteiger partial charge in [-0.3, -0.25) is 0 Å². The molecule has 0 bridgehead atoms. The third-order valence-electron chi connectivity index (χ3n) is 3.84. The molecule has 0 saturated carbocycles. The largest absolute Gasteiger partial charge is 0.306 e. The van der Waals surface area contributed by atoms with Crippen LogP contribution in [0.5, 0.6) is 0 Å². The molecule has 98 valence electrons. The van der Waals surface area contributed by atoms with Crippen molar-refractivity contribution >= 4 is 0 Å². The topological polar surface area (TPSA) is 12.0 Å². The lowest BCUT2D eigenvalue weighted by Gasteiger charge is -2.30. The number of hydrogen-bond acceptors (Lipinski definition) is 1. The van der Waals surface area contributed by atoms with Crippen molar-refractivity contribution in [2.75, 3.05) is 6.54 Å². The maximum atomic E-state index is 3.73. The lowest BCUT2D eigenvalue weighted by atomic mass is 9.82. The highest BCUT2D eigenvalue weighted by Gasteiger charge is 2.24. The van der Waals surface area contributed by atoms with E-state index in [2.05, 4.69) is 67.7 Å². The summed E-state index contributed by atoms with van der Waals surface area (Å²) in [4.78, 5) is 0. The molecule has 1 aliphatic carbocycles. The Morgan fingerprint density at radius 1 is 0.947 bits per heavy atom. The van der Waals surface area contributed by atoms with Crippen LogP contribution in [-0.4, -0.2) is 6.54 Å². The predicted molar refractivity (Wildman–Crippen MR) is 80.4 cm³/mol. The first-order valence-electron chi connectivity index (χ1n) is 7.14. The van der Waals surface area contributed by atoms with Crippen molar-refractivity contribution in [3.05, 3.63) is 70.8 Å². The molecule has 2 aromatic carbocycles. The normalized spacial score (nSPS) is 14.3. The number of hydrogen-bond donors (Lipinski definition) is 1. The van der Waals surface area contributed by atoms with E-state index in [1.54, 1.807) is 0 Å². The Bertz CT molecular complexity index is 526. The van der Waals surface area contributed by atoms with Gasteiger partial charge >= 0.3 is 0 Å². The number of benzene rings is 2. The fourth-order valence-corrected chi connectivity index (χ4v) is 2.90. The molecule has 19 heavy (non-hydrogen) atoms. The summed E-state index contributed by atoms with van der Waals surface area (Å²) in [5, 5.41) is 3.73. The summed E-state index contributed by atoms with van der Waals surface area (Å²) in [7, 11) is 0. The molecule has 0 aromatic heterocycles. The van der Waals surface area contributed by atoms with E-state index in [1.807, 2.05) is 0 Å². The van der Waals surface area contributed by atoms with Crippen LogP contribution in [0.3, 0.4) is 0 Å². The van der Waals surface area contributed by atoms with E-state index >= 15 is 0 Å². The molecule has 3 rings (SSSR count). The Kier molecular flexibility index (Phi) is 3.39. The van der Waals surface area contributed by atoms with Gasteiger partial charge in [0.15, 0.2) is 0 Å². The minimum atomic E-state index is 0.351. The molecule has 1 heteroatoms. The maximum Gasteiger partial charge on any atom is 0.0582 e. The van der Waals surface area contributed by atoms with Crippen LogP contribution in [0.15, 0.2) is 48.5 Å². The van der Waals surface area contributed by atoms with Crippen LogP contribution in [0.2, 0.25) is 0 Å². The second-order valence-corrected chi connectivity index (χ2v) is 5.81. The molecule has 1 aliphatic rings. The lowest BCUT2D eigenvalue weighted by molar-refractivity contribution is 0.506. The predicted octanol–water partition coefficient (Wildman–Crippen LogP) is 3.93. The van der Waals surface area contributed by atoms with Crippen molar-refractivity contribution in [3.8, 4) is 0 Å². The third kappa shape index (κ3) is 2.43. The zero-order chi connectivity index (χ0) is 13.2. The third-order valence-corrected chi connectivity index (χ3v) is 3.84. The zero-order valence-corrected chi connectivity index (χ0v) is 11.7. The van der Waals surface area contributed by atoms with Crippen molar-refractivity contribution in [2.45, 2.75) is 26.3 Å². The fraction of sp³-hybridized carbons (Fsp3) is 0.333. The Morgan fingerprint density at radius 2 is 1.47 bits per heavy atom. The van der Waals surface area contributed by atoms with Crippen LogP contribution in [0.4, 0.5) is 0 Å². The summed E-state index contributed by atoms with van der Waals surface area (Å²) >= 11 is 0. The molecule has 0 unspecified atom stereocenters. The molecular weight excluding hydrogens is 230 g/mol. The van der Waals surface area contributed by atoms with Gasteiger partial charge in [-0.15, -0.1) is 0 Å². The van der Waals surface area contributed by atoms with Crippen molar-refractivity contribution in [1.82, 2.24) is 5.32 Å². The lowest BCUT2D eigenvalue weighted by Crippen LogP contribution is -2.30. The van der Waals surface area contributed by atoms with Crippen LogP contribution < -0.4 is 5.32 Å². The molecule has 0 fully saturated rings. The first kappa shape index (κ1) is 12.4. The van der Waals surface area contributed by atoms with Crippen LogP contribution in [-0.2, 0) is 6.42 Å². The molecule has 0 spiro atoms. The van der Waals surface area contributed by atoms with Gasteiger partial charge in [0.2, 0.25) is 0 Å². The molecule has 0 radical (unpaired) electrons. The molecule has 0 heterocycles.